The van der Waals surface area contributed by atoms with E-state index in [2.05, 4.69) is 22.2 Å². The molecule has 0 fully saturated rings. The van der Waals surface area contributed by atoms with Gasteiger partial charge in [0.25, 0.3) is 0 Å². The molecule has 6 nitrogen and oxygen atoms in total. The van der Waals surface area contributed by atoms with Gasteiger partial charge in [-0.3, -0.25) is 9.59 Å². The Morgan fingerprint density at radius 3 is 2.54 bits per heavy atom. The van der Waals surface area contributed by atoms with Crippen molar-refractivity contribution in [2.24, 2.45) is 0 Å². The maximum atomic E-state index is 12.3. The molecule has 142 valence electrons. The average molecular weight is 375 g/mol. The summed E-state index contributed by atoms with van der Waals surface area (Å²) >= 11 is 0. The molecule has 0 atom stereocenters. The maximum absolute atomic E-state index is 12.3. The lowest BCUT2D eigenvalue weighted by Crippen LogP contribution is -2.12. The van der Waals surface area contributed by atoms with Crippen LogP contribution in [0, 0.1) is 6.92 Å². The van der Waals surface area contributed by atoms with Gasteiger partial charge in [-0.15, -0.1) is 0 Å². The molecule has 2 aromatic carbocycles. The number of rotatable bonds is 7. The minimum atomic E-state index is -0.255. The van der Waals surface area contributed by atoms with E-state index in [0.29, 0.717) is 30.1 Å². The first kappa shape index (κ1) is 19.1. The highest BCUT2D eigenvalue weighted by molar-refractivity contribution is 5.98. The fourth-order valence-corrected chi connectivity index (χ4v) is 2.72. The van der Waals surface area contributed by atoms with Crippen molar-refractivity contribution in [3.05, 3.63) is 78.7 Å². The van der Waals surface area contributed by atoms with Gasteiger partial charge in [0.1, 0.15) is 6.26 Å². The van der Waals surface area contributed by atoms with Crippen molar-refractivity contribution in [2.45, 2.75) is 19.8 Å². The predicted molar refractivity (Wildman–Crippen MR) is 109 cm³/mol. The summed E-state index contributed by atoms with van der Waals surface area (Å²) in [6.07, 6.45) is 5.28. The van der Waals surface area contributed by atoms with E-state index < -0.39 is 0 Å². The number of aromatic nitrogens is 1. The number of oxazole rings is 1. The summed E-state index contributed by atoms with van der Waals surface area (Å²) in [6.45, 7) is 5.38. The van der Waals surface area contributed by atoms with Gasteiger partial charge in [-0.2, -0.15) is 0 Å². The topological polar surface area (TPSA) is 84.2 Å². The van der Waals surface area contributed by atoms with Crippen LogP contribution in [-0.2, 0) is 16.0 Å². The Morgan fingerprint density at radius 1 is 1.11 bits per heavy atom. The number of benzene rings is 2. The number of amides is 2. The zero-order valence-electron chi connectivity index (χ0n) is 15.6. The van der Waals surface area contributed by atoms with Gasteiger partial charge in [0.05, 0.1) is 6.20 Å². The van der Waals surface area contributed by atoms with E-state index in [0.717, 1.165) is 16.7 Å². The van der Waals surface area contributed by atoms with Crippen LogP contribution in [0.15, 0.2) is 72.0 Å². The molecule has 0 aliphatic heterocycles. The van der Waals surface area contributed by atoms with Crippen molar-refractivity contribution in [1.29, 1.82) is 0 Å². The molecule has 0 saturated carbocycles. The highest BCUT2D eigenvalue weighted by atomic mass is 16.3. The minimum Gasteiger partial charge on any atom is -0.445 e. The van der Waals surface area contributed by atoms with E-state index in [9.17, 15) is 9.59 Å². The largest absolute Gasteiger partial charge is 0.445 e. The fraction of sp³-hybridized carbons (Fsp3) is 0.136. The third-order valence-corrected chi connectivity index (χ3v) is 4.23. The summed E-state index contributed by atoms with van der Waals surface area (Å²) in [4.78, 5) is 27.7. The molecule has 2 amide bonds. The third-order valence-electron chi connectivity index (χ3n) is 4.23. The average Bonchev–Trinajstić information content (AvgIpc) is 3.23. The summed E-state index contributed by atoms with van der Waals surface area (Å²) in [5.74, 6) is 0.192. The molecular weight excluding hydrogens is 354 g/mol. The first-order valence-electron chi connectivity index (χ1n) is 8.88. The molecule has 0 aliphatic rings. The van der Waals surface area contributed by atoms with E-state index in [1.54, 1.807) is 18.3 Å². The van der Waals surface area contributed by atoms with Gasteiger partial charge in [0, 0.05) is 23.4 Å². The van der Waals surface area contributed by atoms with Gasteiger partial charge in [0.15, 0.2) is 0 Å². The number of aryl methyl sites for hydroxylation is 2. The first-order valence-corrected chi connectivity index (χ1v) is 8.88. The van der Waals surface area contributed by atoms with Crippen LogP contribution in [-0.4, -0.2) is 16.8 Å². The summed E-state index contributed by atoms with van der Waals surface area (Å²) in [6, 6.07) is 13.0. The number of nitrogens with one attached hydrogen (secondary N) is 2. The molecule has 0 radical (unpaired) electrons. The van der Waals surface area contributed by atoms with Crippen molar-refractivity contribution in [1.82, 2.24) is 4.98 Å². The summed E-state index contributed by atoms with van der Waals surface area (Å²) in [5, 5.41) is 5.60. The monoisotopic (exact) mass is 375 g/mol. The SMILES string of the molecule is C=CC(=O)Nc1ccc(CCC(=O)Nc2ccc(C)c(-c3ncco3)c2)cc1. The van der Waals surface area contributed by atoms with Crippen LogP contribution in [0.25, 0.3) is 11.5 Å². The van der Waals surface area contributed by atoms with Crippen LogP contribution in [0.4, 0.5) is 11.4 Å². The number of nitrogens with zero attached hydrogens (tertiary/aromatic N) is 1. The lowest BCUT2D eigenvalue weighted by Gasteiger charge is -2.09. The number of anilines is 2. The van der Waals surface area contributed by atoms with Crippen LogP contribution in [0.1, 0.15) is 17.5 Å². The molecule has 6 heteroatoms. The van der Waals surface area contributed by atoms with Crippen molar-refractivity contribution < 1.29 is 14.0 Å². The van der Waals surface area contributed by atoms with Crippen LogP contribution < -0.4 is 10.6 Å². The van der Waals surface area contributed by atoms with Crippen LogP contribution in [0.5, 0.6) is 0 Å². The molecule has 2 N–H and O–H groups in total. The molecule has 1 aromatic heterocycles. The molecule has 0 unspecified atom stereocenters. The second kappa shape index (κ2) is 8.81. The molecule has 0 spiro atoms. The third kappa shape index (κ3) is 4.94. The Labute approximate surface area is 163 Å². The lowest BCUT2D eigenvalue weighted by atomic mass is 10.1. The lowest BCUT2D eigenvalue weighted by molar-refractivity contribution is -0.116. The molecule has 0 bridgehead atoms. The van der Waals surface area contributed by atoms with Gasteiger partial charge < -0.3 is 15.1 Å². The molecule has 0 saturated heterocycles. The minimum absolute atomic E-state index is 0.0776. The van der Waals surface area contributed by atoms with Gasteiger partial charge >= 0.3 is 0 Å². The van der Waals surface area contributed by atoms with E-state index in [-0.39, 0.29) is 11.8 Å². The standard InChI is InChI=1S/C22H21N3O3/c1-3-20(26)24-17-9-5-16(6-10-17)7-11-21(27)25-18-8-4-15(2)19(14-18)22-23-12-13-28-22/h3-6,8-10,12-14H,1,7,11H2,2H3,(H,24,26)(H,25,27). The van der Waals surface area contributed by atoms with Crippen molar-refractivity contribution in [3.8, 4) is 11.5 Å². The zero-order chi connectivity index (χ0) is 19.9. The fourth-order valence-electron chi connectivity index (χ4n) is 2.72. The van der Waals surface area contributed by atoms with E-state index >= 15 is 0 Å². The van der Waals surface area contributed by atoms with Gasteiger partial charge in [0.2, 0.25) is 17.7 Å². The normalized spacial score (nSPS) is 10.3. The molecule has 3 rings (SSSR count). The number of carbonyl (C=O) groups is 2. The summed E-state index contributed by atoms with van der Waals surface area (Å²) < 4.78 is 5.35. The van der Waals surface area contributed by atoms with E-state index in [4.69, 9.17) is 4.42 Å². The van der Waals surface area contributed by atoms with Crippen molar-refractivity contribution in [3.63, 3.8) is 0 Å². The van der Waals surface area contributed by atoms with Crippen LogP contribution in [0.3, 0.4) is 0 Å². The second-order valence-electron chi connectivity index (χ2n) is 6.31. The second-order valence-corrected chi connectivity index (χ2v) is 6.31. The highest BCUT2D eigenvalue weighted by Crippen LogP contribution is 2.25. The number of hydrogen-bond donors (Lipinski definition) is 2. The maximum Gasteiger partial charge on any atom is 0.247 e. The Morgan fingerprint density at radius 2 is 1.86 bits per heavy atom. The Hall–Kier alpha value is -3.67. The number of carbonyl (C=O) groups excluding carboxylic acids is 2. The van der Waals surface area contributed by atoms with Crippen molar-refractivity contribution >= 4 is 23.2 Å². The van der Waals surface area contributed by atoms with Gasteiger partial charge in [-0.25, -0.2) is 4.98 Å². The molecule has 28 heavy (non-hydrogen) atoms. The van der Waals surface area contributed by atoms with E-state index in [1.165, 1.54) is 12.3 Å². The van der Waals surface area contributed by atoms with Crippen molar-refractivity contribution in [2.75, 3.05) is 10.6 Å². The zero-order valence-corrected chi connectivity index (χ0v) is 15.6. The highest BCUT2D eigenvalue weighted by Gasteiger charge is 2.09. The Balaban J connectivity index is 1.57. The van der Waals surface area contributed by atoms with E-state index in [1.807, 2.05) is 37.3 Å². The molecule has 0 aliphatic carbocycles. The van der Waals surface area contributed by atoms with Gasteiger partial charge in [-0.1, -0.05) is 24.8 Å². The Bertz CT molecular complexity index is 977. The predicted octanol–water partition coefficient (Wildman–Crippen LogP) is 4.35. The van der Waals surface area contributed by atoms with Crippen LogP contribution >= 0.6 is 0 Å². The Kier molecular flexibility index (Phi) is 6.01. The molecular formula is C22H21N3O3. The smallest absolute Gasteiger partial charge is 0.247 e. The quantitative estimate of drug-likeness (QED) is 0.602. The molecule has 1 heterocycles. The van der Waals surface area contributed by atoms with Crippen LogP contribution in [0.2, 0.25) is 0 Å². The molecule has 3 aromatic rings. The number of hydrogen-bond acceptors (Lipinski definition) is 4. The van der Waals surface area contributed by atoms with Gasteiger partial charge in [-0.05, 0) is 54.8 Å². The first-order chi connectivity index (χ1) is 13.5. The summed E-state index contributed by atoms with van der Waals surface area (Å²) in [5.41, 5.74) is 4.27. The summed E-state index contributed by atoms with van der Waals surface area (Å²) in [7, 11) is 0.